The summed E-state index contributed by atoms with van der Waals surface area (Å²) in [4.78, 5) is 25.6. The summed E-state index contributed by atoms with van der Waals surface area (Å²) in [5.74, 6) is -0.0478. The third-order valence-corrected chi connectivity index (χ3v) is 8.09. The average molecular weight is 445 g/mol. The summed E-state index contributed by atoms with van der Waals surface area (Å²) in [6.07, 6.45) is 6.72. The molecule has 0 atom stereocenters. The van der Waals surface area contributed by atoms with Crippen molar-refractivity contribution in [2.24, 2.45) is 0 Å². The molecule has 0 spiro atoms. The predicted octanol–water partition coefficient (Wildman–Crippen LogP) is 1.75. The number of fused-ring (bicyclic) bond motifs is 2. The van der Waals surface area contributed by atoms with E-state index in [9.17, 15) is 18.0 Å². The molecule has 0 aromatic heterocycles. The van der Waals surface area contributed by atoms with Crippen LogP contribution in [0.15, 0.2) is 6.07 Å². The van der Waals surface area contributed by atoms with Crippen LogP contribution in [-0.4, -0.2) is 95.0 Å². The van der Waals surface area contributed by atoms with Crippen molar-refractivity contribution in [2.45, 2.75) is 63.5 Å². The number of benzene rings is 1. The number of sulfonamides is 1. The van der Waals surface area contributed by atoms with Crippen LogP contribution in [0, 0.1) is 0 Å². The normalized spacial score (nSPS) is 18.6. The number of carbonyl (C=O) groups is 2. The summed E-state index contributed by atoms with van der Waals surface area (Å²) < 4.78 is 27.5. The number of nitrogens with one attached hydrogen (secondary N) is 2. The number of aryl methyl sites for hydroxylation is 2. The zero-order valence-electron chi connectivity index (χ0n) is 17.2. The topological polar surface area (TPSA) is 95.6 Å². The van der Waals surface area contributed by atoms with E-state index in [1.54, 1.807) is 4.90 Å². The van der Waals surface area contributed by atoms with Gasteiger partial charge in [-0.1, -0.05) is 6.07 Å². The first-order valence-electron chi connectivity index (χ1n) is 10.1. The number of nitrogens with zero attached hydrogens (tertiary/aromatic N) is 1. The molecule has 1 radical (unpaired) electrons. The molecule has 0 saturated carbocycles. The standard InChI is InChI=1S/C20H27N3O4S.K/c1-13(24)23-10-8-16(9-11-23)28(26,27)22-20(25)21-19-17-6-2-4-14(17)12-15-5-3-7-18(15)19;/h12,16H,2-11H2,1H3,(H2,21,22,25);. The number of carbonyl (C=O) groups excluding carboxylic acids is 2. The Morgan fingerprint density at radius 2 is 1.55 bits per heavy atom. The molecule has 1 aliphatic heterocycles. The van der Waals surface area contributed by atoms with Crippen LogP contribution in [-0.2, 0) is 40.5 Å². The van der Waals surface area contributed by atoms with Gasteiger partial charge in [-0.05, 0) is 73.6 Å². The van der Waals surface area contributed by atoms with E-state index in [0.717, 1.165) is 44.2 Å². The van der Waals surface area contributed by atoms with Crippen LogP contribution in [0.2, 0.25) is 0 Å². The monoisotopic (exact) mass is 444 g/mol. The summed E-state index contributed by atoms with van der Waals surface area (Å²) in [6, 6.07) is 1.59. The smallest absolute Gasteiger partial charge is 0.332 e. The molecule has 2 aliphatic carbocycles. The zero-order valence-corrected chi connectivity index (χ0v) is 21.2. The number of urea groups is 1. The van der Waals surface area contributed by atoms with E-state index in [-0.39, 0.29) is 57.3 Å². The number of piperidine rings is 1. The van der Waals surface area contributed by atoms with Gasteiger partial charge >= 0.3 is 6.03 Å². The van der Waals surface area contributed by atoms with Gasteiger partial charge in [-0.15, -0.1) is 0 Å². The van der Waals surface area contributed by atoms with Gasteiger partial charge < -0.3 is 10.2 Å². The van der Waals surface area contributed by atoms with Crippen LogP contribution < -0.4 is 10.0 Å². The molecule has 0 unspecified atom stereocenters. The van der Waals surface area contributed by atoms with Gasteiger partial charge in [0.2, 0.25) is 15.9 Å². The fraction of sp³-hybridized carbons (Fsp3) is 0.600. The van der Waals surface area contributed by atoms with Crippen LogP contribution >= 0.6 is 0 Å². The minimum absolute atomic E-state index is 0. The molecule has 0 bridgehead atoms. The van der Waals surface area contributed by atoms with Crippen LogP contribution in [0.3, 0.4) is 0 Å². The maximum atomic E-state index is 12.7. The first-order chi connectivity index (χ1) is 13.3. The summed E-state index contributed by atoms with van der Waals surface area (Å²) in [5, 5.41) is 2.22. The van der Waals surface area contributed by atoms with Crippen LogP contribution in [0.5, 0.6) is 0 Å². The van der Waals surface area contributed by atoms with E-state index in [4.69, 9.17) is 0 Å². The molecule has 29 heavy (non-hydrogen) atoms. The predicted molar refractivity (Wildman–Crippen MR) is 113 cm³/mol. The maximum Gasteiger partial charge on any atom is 0.332 e. The van der Waals surface area contributed by atoms with Gasteiger partial charge in [0.1, 0.15) is 0 Å². The van der Waals surface area contributed by atoms with Gasteiger partial charge in [0.15, 0.2) is 0 Å². The number of amides is 3. The van der Waals surface area contributed by atoms with Gasteiger partial charge in [-0.2, -0.15) is 0 Å². The number of likely N-dealkylation sites (tertiary alicyclic amines) is 1. The molecular weight excluding hydrogens is 417 g/mol. The van der Waals surface area contributed by atoms with E-state index in [0.29, 0.717) is 25.9 Å². The Kier molecular flexibility index (Phi) is 7.49. The molecule has 4 rings (SSSR count). The third-order valence-electron chi connectivity index (χ3n) is 6.27. The summed E-state index contributed by atoms with van der Waals surface area (Å²) in [5.41, 5.74) is 5.75. The van der Waals surface area contributed by atoms with Gasteiger partial charge in [0, 0.05) is 77.1 Å². The molecule has 1 aromatic carbocycles. The second-order valence-corrected chi connectivity index (χ2v) is 10.0. The van der Waals surface area contributed by atoms with E-state index in [2.05, 4.69) is 16.1 Å². The molecule has 1 fully saturated rings. The fourth-order valence-corrected chi connectivity index (χ4v) is 6.11. The molecule has 3 amide bonds. The maximum absolute atomic E-state index is 12.7. The Hall–Kier alpha value is -0.454. The minimum atomic E-state index is -3.78. The largest absolute Gasteiger partial charge is 0.343 e. The Morgan fingerprint density at radius 1 is 1.00 bits per heavy atom. The molecule has 3 aliphatic rings. The molecule has 1 saturated heterocycles. The van der Waals surface area contributed by atoms with E-state index in [1.165, 1.54) is 29.2 Å². The van der Waals surface area contributed by atoms with Crippen LogP contribution in [0.25, 0.3) is 0 Å². The SMILES string of the molecule is CC(=O)N1CCC(S(=O)(=O)NC(=O)Nc2c3c(cc4c2CCC4)CCC3)CC1.[K]. The van der Waals surface area contributed by atoms with Crippen molar-refractivity contribution in [1.29, 1.82) is 0 Å². The van der Waals surface area contributed by atoms with Crippen molar-refractivity contribution in [3.05, 3.63) is 28.3 Å². The fourth-order valence-electron chi connectivity index (χ4n) is 4.80. The van der Waals surface area contributed by atoms with Crippen molar-refractivity contribution in [3.8, 4) is 0 Å². The third kappa shape index (κ3) is 4.90. The van der Waals surface area contributed by atoms with Crippen LogP contribution in [0.1, 0.15) is 54.9 Å². The minimum Gasteiger partial charge on any atom is -0.343 e. The van der Waals surface area contributed by atoms with E-state index >= 15 is 0 Å². The van der Waals surface area contributed by atoms with E-state index in [1.807, 2.05) is 0 Å². The second kappa shape index (κ2) is 9.36. The van der Waals surface area contributed by atoms with Crippen molar-refractivity contribution in [1.82, 2.24) is 9.62 Å². The average Bonchev–Trinajstić information content (AvgIpc) is 3.30. The van der Waals surface area contributed by atoms with Crippen molar-refractivity contribution in [2.75, 3.05) is 18.4 Å². The molecule has 7 nitrogen and oxygen atoms in total. The molecular formula is C20H27KN3O4S. The van der Waals surface area contributed by atoms with Gasteiger partial charge in [0.05, 0.1) is 5.25 Å². The van der Waals surface area contributed by atoms with Gasteiger partial charge in [-0.25, -0.2) is 17.9 Å². The van der Waals surface area contributed by atoms with Crippen molar-refractivity contribution >= 4 is 79.0 Å². The number of anilines is 1. The molecule has 1 heterocycles. The van der Waals surface area contributed by atoms with Crippen molar-refractivity contribution < 1.29 is 18.0 Å². The molecule has 153 valence electrons. The Morgan fingerprint density at radius 3 is 2.07 bits per heavy atom. The molecule has 2 N–H and O–H groups in total. The Labute approximate surface area is 214 Å². The van der Waals surface area contributed by atoms with Gasteiger partial charge in [-0.3, -0.25) is 4.79 Å². The van der Waals surface area contributed by atoms with Gasteiger partial charge in [0.25, 0.3) is 0 Å². The Balaban J connectivity index is 0.00000240. The van der Waals surface area contributed by atoms with E-state index < -0.39 is 21.3 Å². The van der Waals surface area contributed by atoms with Crippen molar-refractivity contribution in [3.63, 3.8) is 0 Å². The Bertz CT molecular complexity index is 892. The summed E-state index contributed by atoms with van der Waals surface area (Å²) in [6.45, 7) is 2.29. The number of rotatable bonds is 3. The molecule has 9 heteroatoms. The summed E-state index contributed by atoms with van der Waals surface area (Å²) in [7, 11) is -3.78. The van der Waals surface area contributed by atoms with Crippen LogP contribution in [0.4, 0.5) is 10.5 Å². The number of hydrogen-bond donors (Lipinski definition) is 2. The summed E-state index contributed by atoms with van der Waals surface area (Å²) >= 11 is 0. The second-order valence-electron chi connectivity index (χ2n) is 8.04. The molecule has 1 aromatic rings. The first-order valence-corrected chi connectivity index (χ1v) is 11.6. The first kappa shape index (κ1) is 23.2. The quantitative estimate of drug-likeness (QED) is 0.695. The zero-order chi connectivity index (χ0) is 19.9. The number of hydrogen-bond acceptors (Lipinski definition) is 4.